The number of rotatable bonds is 9. The first-order chi connectivity index (χ1) is 16.9. The Balaban J connectivity index is 1.83. The number of nitrogens with zero attached hydrogens (tertiary/aromatic N) is 4. The van der Waals surface area contributed by atoms with Gasteiger partial charge in [-0.3, -0.25) is 10.4 Å². The molecule has 0 saturated carbocycles. The molecule has 11 heteroatoms. The highest BCUT2D eigenvalue weighted by Crippen LogP contribution is 2.36. The van der Waals surface area contributed by atoms with E-state index in [2.05, 4.69) is 20.1 Å². The van der Waals surface area contributed by atoms with E-state index in [4.69, 9.17) is 20.6 Å². The van der Waals surface area contributed by atoms with Crippen molar-refractivity contribution in [2.24, 2.45) is 5.73 Å². The molecule has 4 aromatic rings. The molecule has 35 heavy (non-hydrogen) atoms. The topological polar surface area (TPSA) is 145 Å². The first kappa shape index (κ1) is 23.6. The van der Waals surface area contributed by atoms with Crippen molar-refractivity contribution >= 4 is 5.84 Å². The summed E-state index contributed by atoms with van der Waals surface area (Å²) in [5, 5.41) is 12.0. The zero-order valence-corrected chi connectivity index (χ0v) is 19.2. The monoisotopic (exact) mass is 477 g/mol. The molecule has 2 heterocycles. The van der Waals surface area contributed by atoms with E-state index in [0.29, 0.717) is 17.9 Å². The summed E-state index contributed by atoms with van der Waals surface area (Å²) in [5.74, 6) is -0.338. The summed E-state index contributed by atoms with van der Waals surface area (Å²) < 4.78 is 27.3. The Morgan fingerprint density at radius 1 is 1.20 bits per heavy atom. The molecule has 0 bridgehead atoms. The minimum atomic E-state index is -0.694. The Morgan fingerprint density at radius 3 is 2.54 bits per heavy atom. The number of H-pyrrole nitrogens is 1. The summed E-state index contributed by atoms with van der Waals surface area (Å²) in [5.41, 5.74) is 6.65. The molecule has 1 unspecified atom stereocenters. The van der Waals surface area contributed by atoms with Crippen LogP contribution in [0.15, 0.2) is 59.7 Å². The summed E-state index contributed by atoms with van der Waals surface area (Å²) in [6.07, 6.45) is 3.28. The molecule has 0 aliphatic rings. The van der Waals surface area contributed by atoms with Gasteiger partial charge in [-0.15, -0.1) is 9.78 Å². The average molecular weight is 478 g/mol. The van der Waals surface area contributed by atoms with E-state index in [1.807, 2.05) is 6.92 Å². The van der Waals surface area contributed by atoms with Crippen molar-refractivity contribution in [3.05, 3.63) is 93.7 Å². The number of halogens is 1. The Morgan fingerprint density at radius 2 is 1.91 bits per heavy atom. The van der Waals surface area contributed by atoms with Crippen molar-refractivity contribution in [3.8, 4) is 17.4 Å². The molecule has 0 fully saturated rings. The van der Waals surface area contributed by atoms with Gasteiger partial charge in [-0.05, 0) is 31.0 Å². The van der Waals surface area contributed by atoms with Crippen molar-refractivity contribution in [2.45, 2.75) is 19.3 Å². The minimum absolute atomic E-state index is 0.0541. The van der Waals surface area contributed by atoms with Gasteiger partial charge in [0.1, 0.15) is 17.5 Å². The van der Waals surface area contributed by atoms with E-state index in [9.17, 15) is 4.79 Å². The van der Waals surface area contributed by atoms with Gasteiger partial charge in [0.05, 0.1) is 19.6 Å². The van der Waals surface area contributed by atoms with Crippen LogP contribution in [0.2, 0.25) is 0 Å². The molecule has 0 aliphatic carbocycles. The van der Waals surface area contributed by atoms with Crippen LogP contribution in [-0.4, -0.2) is 44.3 Å². The molecule has 0 radical (unpaired) electrons. The van der Waals surface area contributed by atoms with Crippen LogP contribution in [-0.2, 0) is 6.42 Å². The lowest BCUT2D eigenvalue weighted by molar-refractivity contribution is 0.308. The van der Waals surface area contributed by atoms with Crippen LogP contribution in [0.25, 0.3) is 5.95 Å². The highest BCUT2D eigenvalue weighted by atomic mass is 19.1. The fourth-order valence-corrected chi connectivity index (χ4v) is 3.69. The number of amidine groups is 1. The molecule has 0 amide bonds. The van der Waals surface area contributed by atoms with Gasteiger partial charge in [0.2, 0.25) is 0 Å². The van der Waals surface area contributed by atoms with E-state index in [1.165, 1.54) is 25.6 Å². The number of aromatic nitrogens is 5. The van der Waals surface area contributed by atoms with Crippen LogP contribution in [0.3, 0.4) is 0 Å². The summed E-state index contributed by atoms with van der Waals surface area (Å²) in [4.78, 5) is 23.6. The Bertz CT molecular complexity index is 1380. The maximum Gasteiger partial charge on any atom is 0.350 e. The smallest absolute Gasteiger partial charge is 0.350 e. The predicted octanol–water partition coefficient (Wildman–Crippen LogP) is 2.56. The number of nitrogens with one attached hydrogen (secondary N) is 2. The fourth-order valence-electron chi connectivity index (χ4n) is 3.69. The molecule has 4 rings (SSSR count). The molecule has 10 nitrogen and oxygen atoms in total. The zero-order chi connectivity index (χ0) is 24.9. The van der Waals surface area contributed by atoms with Gasteiger partial charge < -0.3 is 15.2 Å². The lowest BCUT2D eigenvalue weighted by Crippen LogP contribution is -2.18. The van der Waals surface area contributed by atoms with Crippen molar-refractivity contribution in [1.82, 2.24) is 24.7 Å². The molecule has 1 atom stereocenters. The van der Waals surface area contributed by atoms with Gasteiger partial charge in [-0.25, -0.2) is 19.2 Å². The molecule has 2 aromatic heterocycles. The summed E-state index contributed by atoms with van der Waals surface area (Å²) in [6.45, 7) is 2.17. The minimum Gasteiger partial charge on any atom is -0.493 e. The van der Waals surface area contributed by atoms with Crippen LogP contribution in [0.5, 0.6) is 11.5 Å². The van der Waals surface area contributed by atoms with E-state index < -0.39 is 17.4 Å². The van der Waals surface area contributed by atoms with Crippen LogP contribution < -0.4 is 20.9 Å². The molecule has 0 saturated heterocycles. The number of nitrogens with two attached hydrogens (primary N) is 1. The maximum absolute atomic E-state index is 15.4. The fraction of sp³-hybridized carbons (Fsp3) is 0.208. The van der Waals surface area contributed by atoms with Crippen molar-refractivity contribution in [2.75, 3.05) is 13.7 Å². The molecule has 2 aromatic carbocycles. The van der Waals surface area contributed by atoms with Crippen LogP contribution in [0.1, 0.15) is 35.4 Å². The highest BCUT2D eigenvalue weighted by Gasteiger charge is 2.26. The third-order valence-corrected chi connectivity index (χ3v) is 5.37. The third kappa shape index (κ3) is 5.03. The Hall–Kier alpha value is -4.54. The van der Waals surface area contributed by atoms with Crippen LogP contribution in [0.4, 0.5) is 4.39 Å². The van der Waals surface area contributed by atoms with Gasteiger partial charge in [0.25, 0.3) is 5.95 Å². The Labute approximate surface area is 200 Å². The molecular weight excluding hydrogens is 453 g/mol. The standard InChI is InChI=1S/C24H24FN7O3/c1-3-35-20-12-16(18(25)13-19(20)34-2)17(11-14-5-7-15(8-6-14)21(26)27)22-30-24(33)32(31-22)23-28-9-4-10-29-23/h4-10,12-13,17H,3,11H2,1-2H3,(H3,26,27)(H,30,31,33). The first-order valence-corrected chi connectivity index (χ1v) is 10.8. The van der Waals surface area contributed by atoms with Crippen LogP contribution >= 0.6 is 0 Å². The van der Waals surface area contributed by atoms with E-state index in [1.54, 1.807) is 36.4 Å². The first-order valence-electron chi connectivity index (χ1n) is 10.8. The van der Waals surface area contributed by atoms with E-state index >= 15 is 4.39 Å². The maximum atomic E-state index is 15.4. The molecule has 0 aliphatic heterocycles. The lowest BCUT2D eigenvalue weighted by Gasteiger charge is -2.19. The number of benzene rings is 2. The largest absolute Gasteiger partial charge is 0.493 e. The van der Waals surface area contributed by atoms with Crippen molar-refractivity contribution in [1.29, 1.82) is 5.41 Å². The molecule has 4 N–H and O–H groups in total. The number of methoxy groups -OCH3 is 1. The van der Waals surface area contributed by atoms with Crippen LogP contribution in [0, 0.1) is 11.2 Å². The van der Waals surface area contributed by atoms with Gasteiger partial charge in [-0.1, -0.05) is 24.3 Å². The second-order valence-electron chi connectivity index (χ2n) is 7.60. The predicted molar refractivity (Wildman–Crippen MR) is 127 cm³/mol. The van der Waals surface area contributed by atoms with Gasteiger partial charge in [0, 0.05) is 29.6 Å². The van der Waals surface area contributed by atoms with Crippen molar-refractivity contribution < 1.29 is 13.9 Å². The summed E-state index contributed by atoms with van der Waals surface area (Å²) in [7, 11) is 1.43. The number of aromatic amines is 1. The third-order valence-electron chi connectivity index (χ3n) is 5.37. The molecular formula is C24H24FN7O3. The Kier molecular flexibility index (Phi) is 6.86. The van der Waals surface area contributed by atoms with Crippen molar-refractivity contribution in [3.63, 3.8) is 0 Å². The lowest BCUT2D eigenvalue weighted by atomic mass is 9.90. The van der Waals surface area contributed by atoms with E-state index in [-0.39, 0.29) is 35.3 Å². The summed E-state index contributed by atoms with van der Waals surface area (Å²) in [6, 6.07) is 11.4. The van der Waals surface area contributed by atoms with E-state index in [0.717, 1.165) is 10.2 Å². The average Bonchev–Trinajstić information content (AvgIpc) is 3.25. The van der Waals surface area contributed by atoms with Gasteiger partial charge >= 0.3 is 5.69 Å². The van der Waals surface area contributed by atoms with Gasteiger partial charge in [-0.2, -0.15) is 0 Å². The second-order valence-corrected chi connectivity index (χ2v) is 7.60. The second kappa shape index (κ2) is 10.2. The summed E-state index contributed by atoms with van der Waals surface area (Å²) >= 11 is 0. The number of ether oxygens (including phenoxy) is 2. The zero-order valence-electron chi connectivity index (χ0n) is 19.2. The number of nitrogen functional groups attached to an aromatic ring is 1. The molecule has 0 spiro atoms. The quantitative estimate of drug-likeness (QED) is 0.248. The normalized spacial score (nSPS) is 11.7. The molecule has 180 valence electrons. The number of hydrogen-bond acceptors (Lipinski definition) is 7. The number of hydrogen-bond donors (Lipinski definition) is 3. The highest BCUT2D eigenvalue weighted by molar-refractivity contribution is 5.94. The van der Waals surface area contributed by atoms with Gasteiger partial charge in [0.15, 0.2) is 11.5 Å². The SMILES string of the molecule is CCOc1cc(C(Cc2ccc(C(=N)N)cc2)c2nn(-c3ncccn3)c(=O)[nH]2)c(F)cc1OC.